The van der Waals surface area contributed by atoms with Gasteiger partial charge in [0.1, 0.15) is 5.82 Å². The maximum absolute atomic E-state index is 13.3. The molecular formula is C17H25FN2. The third kappa shape index (κ3) is 3.80. The Morgan fingerprint density at radius 3 is 2.65 bits per heavy atom. The largest absolute Gasteiger partial charge is 0.314 e. The molecule has 2 fully saturated rings. The fourth-order valence-corrected chi connectivity index (χ4v) is 3.02. The van der Waals surface area contributed by atoms with Gasteiger partial charge in [0.05, 0.1) is 0 Å². The van der Waals surface area contributed by atoms with Gasteiger partial charge in [-0.05, 0) is 81.4 Å². The minimum Gasteiger partial charge on any atom is -0.314 e. The number of piperidine rings is 1. The summed E-state index contributed by atoms with van der Waals surface area (Å²) < 4.78 is 13.3. The molecule has 20 heavy (non-hydrogen) atoms. The van der Waals surface area contributed by atoms with Crippen molar-refractivity contribution >= 4 is 0 Å². The van der Waals surface area contributed by atoms with Crippen molar-refractivity contribution in [2.45, 2.75) is 45.2 Å². The Balaban J connectivity index is 1.46. The van der Waals surface area contributed by atoms with E-state index < -0.39 is 0 Å². The summed E-state index contributed by atoms with van der Waals surface area (Å²) in [6.07, 6.45) is 5.29. The van der Waals surface area contributed by atoms with Gasteiger partial charge in [-0.15, -0.1) is 0 Å². The molecule has 2 aliphatic rings. The fourth-order valence-electron chi connectivity index (χ4n) is 3.02. The number of aryl methyl sites for hydroxylation is 1. The summed E-state index contributed by atoms with van der Waals surface area (Å²) in [6.45, 7) is 6.45. The van der Waals surface area contributed by atoms with Gasteiger partial charge in [-0.2, -0.15) is 0 Å². The molecule has 3 heteroatoms. The van der Waals surface area contributed by atoms with Gasteiger partial charge < -0.3 is 5.32 Å². The minimum atomic E-state index is -0.117. The molecule has 0 radical (unpaired) electrons. The Kier molecular flexibility index (Phi) is 4.37. The van der Waals surface area contributed by atoms with E-state index in [0.717, 1.165) is 37.2 Å². The third-order valence-electron chi connectivity index (χ3n) is 4.68. The first-order chi connectivity index (χ1) is 9.70. The first-order valence-electron chi connectivity index (χ1n) is 7.91. The van der Waals surface area contributed by atoms with Gasteiger partial charge in [0.15, 0.2) is 0 Å². The highest BCUT2D eigenvalue weighted by atomic mass is 19.1. The van der Waals surface area contributed by atoms with Crippen LogP contribution in [0.2, 0.25) is 0 Å². The molecule has 1 saturated heterocycles. The fraction of sp³-hybridized carbons (Fsp3) is 0.647. The Morgan fingerprint density at radius 1 is 1.20 bits per heavy atom. The van der Waals surface area contributed by atoms with Crippen LogP contribution in [0.1, 0.15) is 36.8 Å². The summed E-state index contributed by atoms with van der Waals surface area (Å²) in [7, 11) is 0. The second-order valence-electron chi connectivity index (χ2n) is 6.47. The number of hydrogen-bond donors (Lipinski definition) is 1. The maximum atomic E-state index is 13.3. The number of rotatable bonds is 5. The molecule has 1 aromatic rings. The average molecular weight is 276 g/mol. The number of nitrogens with one attached hydrogen (secondary N) is 1. The van der Waals surface area contributed by atoms with Crippen molar-refractivity contribution in [1.29, 1.82) is 0 Å². The number of nitrogens with zero attached hydrogens (tertiary/aromatic N) is 1. The van der Waals surface area contributed by atoms with E-state index in [-0.39, 0.29) is 5.82 Å². The van der Waals surface area contributed by atoms with E-state index in [1.807, 2.05) is 6.07 Å². The molecule has 0 unspecified atom stereocenters. The van der Waals surface area contributed by atoms with Gasteiger partial charge in [-0.3, -0.25) is 4.90 Å². The lowest BCUT2D eigenvalue weighted by Gasteiger charge is -2.32. The molecular weight excluding hydrogens is 251 g/mol. The van der Waals surface area contributed by atoms with Crippen molar-refractivity contribution in [2.24, 2.45) is 5.92 Å². The lowest BCUT2D eigenvalue weighted by atomic mass is 9.96. The second kappa shape index (κ2) is 6.23. The predicted molar refractivity (Wildman–Crippen MR) is 80.2 cm³/mol. The van der Waals surface area contributed by atoms with Crippen molar-refractivity contribution in [2.75, 3.05) is 19.6 Å². The van der Waals surface area contributed by atoms with E-state index in [1.54, 1.807) is 12.1 Å². The molecule has 1 aliphatic heterocycles. The molecule has 0 aromatic heterocycles. The van der Waals surface area contributed by atoms with E-state index in [2.05, 4.69) is 17.1 Å². The van der Waals surface area contributed by atoms with Crippen LogP contribution in [-0.4, -0.2) is 30.6 Å². The zero-order valence-corrected chi connectivity index (χ0v) is 12.4. The zero-order valence-electron chi connectivity index (χ0n) is 12.4. The van der Waals surface area contributed by atoms with Crippen LogP contribution in [0.4, 0.5) is 4.39 Å². The van der Waals surface area contributed by atoms with Gasteiger partial charge in [-0.1, -0.05) is 6.07 Å². The summed E-state index contributed by atoms with van der Waals surface area (Å²) >= 11 is 0. The van der Waals surface area contributed by atoms with Crippen molar-refractivity contribution < 1.29 is 4.39 Å². The lowest BCUT2D eigenvalue weighted by molar-refractivity contribution is 0.175. The van der Waals surface area contributed by atoms with Crippen LogP contribution in [0, 0.1) is 18.7 Å². The van der Waals surface area contributed by atoms with E-state index in [4.69, 9.17) is 0 Å². The number of likely N-dealkylation sites (tertiary alicyclic amines) is 1. The molecule has 0 atom stereocenters. The molecule has 110 valence electrons. The molecule has 1 aromatic carbocycles. The van der Waals surface area contributed by atoms with Gasteiger partial charge in [0, 0.05) is 12.6 Å². The van der Waals surface area contributed by atoms with Crippen molar-refractivity contribution in [3.05, 3.63) is 35.1 Å². The highest BCUT2D eigenvalue weighted by molar-refractivity contribution is 5.26. The first-order valence-corrected chi connectivity index (χ1v) is 7.91. The minimum absolute atomic E-state index is 0.117. The molecule has 1 saturated carbocycles. The van der Waals surface area contributed by atoms with Gasteiger partial charge >= 0.3 is 0 Å². The summed E-state index contributed by atoms with van der Waals surface area (Å²) in [5, 5.41) is 3.64. The number of hydrogen-bond acceptors (Lipinski definition) is 2. The Morgan fingerprint density at radius 2 is 1.95 bits per heavy atom. The van der Waals surface area contributed by atoms with E-state index >= 15 is 0 Å². The maximum Gasteiger partial charge on any atom is 0.123 e. The summed E-state index contributed by atoms with van der Waals surface area (Å²) in [4.78, 5) is 2.47. The predicted octanol–water partition coefficient (Wildman–Crippen LogP) is 3.10. The molecule has 1 N–H and O–H groups in total. The van der Waals surface area contributed by atoms with Crippen LogP contribution in [0.15, 0.2) is 18.2 Å². The summed E-state index contributed by atoms with van der Waals surface area (Å²) in [5.41, 5.74) is 2.34. The molecule has 2 nitrogen and oxygen atoms in total. The average Bonchev–Trinajstić information content (AvgIpc) is 3.26. The quantitative estimate of drug-likeness (QED) is 0.889. The van der Waals surface area contributed by atoms with Crippen LogP contribution in [0.3, 0.4) is 0 Å². The van der Waals surface area contributed by atoms with Crippen molar-refractivity contribution in [1.82, 2.24) is 10.2 Å². The van der Waals surface area contributed by atoms with Gasteiger partial charge in [0.25, 0.3) is 0 Å². The monoisotopic (exact) mass is 276 g/mol. The molecule has 1 aliphatic carbocycles. The smallest absolute Gasteiger partial charge is 0.123 e. The normalized spacial score (nSPS) is 21.3. The molecule has 3 rings (SSSR count). The SMILES string of the molecule is Cc1ccc(F)cc1CN1CCC(CNC2CC2)CC1. The molecule has 0 bridgehead atoms. The highest BCUT2D eigenvalue weighted by Gasteiger charge is 2.24. The van der Waals surface area contributed by atoms with Gasteiger partial charge in [-0.25, -0.2) is 4.39 Å². The Hall–Kier alpha value is -0.930. The van der Waals surface area contributed by atoms with Crippen LogP contribution in [0.5, 0.6) is 0 Å². The number of halogens is 1. The van der Waals surface area contributed by atoms with Crippen molar-refractivity contribution in [3.8, 4) is 0 Å². The van der Waals surface area contributed by atoms with E-state index in [0.29, 0.717) is 0 Å². The summed E-state index contributed by atoms with van der Waals surface area (Å²) in [5.74, 6) is 0.717. The third-order valence-corrected chi connectivity index (χ3v) is 4.68. The van der Waals surface area contributed by atoms with Crippen LogP contribution in [0.25, 0.3) is 0 Å². The molecule has 0 amide bonds. The van der Waals surface area contributed by atoms with E-state index in [9.17, 15) is 4.39 Å². The lowest BCUT2D eigenvalue weighted by Crippen LogP contribution is -2.37. The number of benzene rings is 1. The van der Waals surface area contributed by atoms with Crippen molar-refractivity contribution in [3.63, 3.8) is 0 Å². The summed E-state index contributed by atoms with van der Waals surface area (Å²) in [6, 6.07) is 5.95. The second-order valence-corrected chi connectivity index (χ2v) is 6.47. The topological polar surface area (TPSA) is 15.3 Å². The van der Waals surface area contributed by atoms with E-state index in [1.165, 1.54) is 37.8 Å². The first kappa shape index (κ1) is 14.0. The standard InChI is InChI=1S/C17H25FN2/c1-13-2-3-16(18)10-15(13)12-20-8-6-14(7-9-20)11-19-17-4-5-17/h2-3,10,14,17,19H,4-9,11-12H2,1H3. The molecule has 1 heterocycles. The zero-order chi connectivity index (χ0) is 13.9. The van der Waals surface area contributed by atoms with Crippen LogP contribution < -0.4 is 5.32 Å². The Labute approximate surface area is 121 Å². The molecule has 0 spiro atoms. The van der Waals surface area contributed by atoms with Crippen LogP contribution >= 0.6 is 0 Å². The highest BCUT2D eigenvalue weighted by Crippen LogP contribution is 2.23. The van der Waals surface area contributed by atoms with Gasteiger partial charge in [0.2, 0.25) is 0 Å². The Bertz CT molecular complexity index is 448. The van der Waals surface area contributed by atoms with Crippen LogP contribution in [-0.2, 0) is 6.54 Å².